The lowest BCUT2D eigenvalue weighted by molar-refractivity contribution is -0.153. The number of hydrogen-bond donors (Lipinski definition) is 0. The molecule has 0 fully saturated rings. The Bertz CT molecular complexity index is 1010. The molecule has 2 aliphatic heterocycles. The number of halogens is 2. The van der Waals surface area contributed by atoms with Gasteiger partial charge in [0.1, 0.15) is 27.3 Å². The smallest absolute Gasteiger partial charge is 0.312 e. The van der Waals surface area contributed by atoms with E-state index >= 15 is 0 Å². The zero-order chi connectivity index (χ0) is 21.8. The van der Waals surface area contributed by atoms with Gasteiger partial charge >= 0.3 is 5.97 Å². The van der Waals surface area contributed by atoms with Crippen molar-refractivity contribution >= 4 is 37.3 Å². The number of aliphatic imine (C=N–C) groups is 1. The molecule has 3 rings (SSSR count). The van der Waals surface area contributed by atoms with Gasteiger partial charge in [0.25, 0.3) is 0 Å². The molecule has 2 aliphatic rings. The molecule has 6 nitrogen and oxygen atoms in total. The average molecular weight is 488 g/mol. The molecule has 0 saturated carbocycles. The van der Waals surface area contributed by atoms with Crippen LogP contribution in [-0.4, -0.2) is 43.0 Å². The molecule has 0 bridgehead atoms. The summed E-state index contributed by atoms with van der Waals surface area (Å²) in [6.45, 7) is 11.1. The Morgan fingerprint density at radius 2 is 2.00 bits per heavy atom. The van der Waals surface area contributed by atoms with Crippen LogP contribution in [0, 0.1) is 5.82 Å². The molecular formula is C20H27BrFN3O3S. The number of ether oxygens (including phenoxy) is 1. The molecule has 0 saturated heterocycles. The van der Waals surface area contributed by atoms with Crippen molar-refractivity contribution in [2.24, 2.45) is 9.36 Å². The van der Waals surface area contributed by atoms with Crippen LogP contribution in [-0.2, 0) is 24.8 Å². The van der Waals surface area contributed by atoms with E-state index in [1.165, 1.54) is 12.1 Å². The summed E-state index contributed by atoms with van der Waals surface area (Å²) in [5.41, 5.74) is -1.33. The molecule has 1 aromatic heterocycles. The van der Waals surface area contributed by atoms with Crippen LogP contribution in [0.4, 0.5) is 4.39 Å². The maximum Gasteiger partial charge on any atom is 0.312 e. The van der Waals surface area contributed by atoms with Crippen LogP contribution in [0.25, 0.3) is 0 Å². The first kappa shape index (κ1) is 22.3. The van der Waals surface area contributed by atoms with Crippen molar-refractivity contribution in [3.05, 3.63) is 28.2 Å². The molecule has 160 valence electrons. The predicted octanol–water partition coefficient (Wildman–Crippen LogP) is 4.40. The summed E-state index contributed by atoms with van der Waals surface area (Å²) in [6.07, 6.45) is 0.393. The zero-order valence-electron chi connectivity index (χ0n) is 17.6. The van der Waals surface area contributed by atoms with Crippen LogP contribution in [0.5, 0.6) is 0 Å². The Labute approximate surface area is 180 Å². The molecule has 0 aliphatic carbocycles. The van der Waals surface area contributed by atoms with Gasteiger partial charge in [-0.3, -0.25) is 9.79 Å². The summed E-state index contributed by atoms with van der Waals surface area (Å²) in [4.78, 5) is 21.7. The van der Waals surface area contributed by atoms with Crippen molar-refractivity contribution in [2.75, 3.05) is 6.54 Å². The highest BCUT2D eigenvalue weighted by Gasteiger charge is 2.58. The molecule has 0 spiro atoms. The molecule has 0 radical (unpaired) electrons. The first-order valence-electron chi connectivity index (χ1n) is 9.55. The highest BCUT2D eigenvalue weighted by molar-refractivity contribution is 9.10. The molecule has 3 atom stereocenters. The number of fused-ring (bicyclic) bond motifs is 1. The van der Waals surface area contributed by atoms with Crippen molar-refractivity contribution in [1.29, 1.82) is 0 Å². The fraction of sp³-hybridized carbons (Fsp3) is 0.650. The lowest BCUT2D eigenvalue weighted by atomic mass is 9.88. The fourth-order valence-electron chi connectivity index (χ4n) is 4.07. The van der Waals surface area contributed by atoms with Crippen molar-refractivity contribution in [1.82, 2.24) is 4.98 Å². The minimum atomic E-state index is -2.83. The summed E-state index contributed by atoms with van der Waals surface area (Å²) < 4.78 is 38.4. The summed E-state index contributed by atoms with van der Waals surface area (Å²) in [5.74, 6) is -0.988. The van der Waals surface area contributed by atoms with E-state index in [9.17, 15) is 13.4 Å². The van der Waals surface area contributed by atoms with E-state index in [4.69, 9.17) is 9.73 Å². The molecule has 3 heterocycles. The van der Waals surface area contributed by atoms with E-state index < -0.39 is 42.7 Å². The standard InChI is InChI=1S/C20H27BrFN3O3S/c1-18(2,3)28-16(26)11-13-19(4,5)29(27)14(9-10-23-29)20(6,25-13)17-12(22)7-8-15(21)24-17/h7-8,14H,9-11H2,1-6H3/t14-,20+,29+/m1/s1. The van der Waals surface area contributed by atoms with E-state index in [2.05, 4.69) is 25.3 Å². The van der Waals surface area contributed by atoms with Gasteiger partial charge in [-0.2, -0.15) is 0 Å². The van der Waals surface area contributed by atoms with Gasteiger partial charge in [0, 0.05) is 12.3 Å². The molecular weight excluding hydrogens is 461 g/mol. The summed E-state index contributed by atoms with van der Waals surface area (Å²) >= 11 is 3.29. The average Bonchev–Trinajstić information content (AvgIpc) is 2.98. The van der Waals surface area contributed by atoms with Gasteiger partial charge in [0.05, 0.1) is 26.1 Å². The maximum absolute atomic E-state index is 14.8. The number of hydrogen-bond acceptors (Lipinski definition) is 6. The van der Waals surface area contributed by atoms with Gasteiger partial charge in [-0.25, -0.2) is 17.9 Å². The van der Waals surface area contributed by atoms with Crippen LogP contribution in [0.2, 0.25) is 0 Å². The summed E-state index contributed by atoms with van der Waals surface area (Å²) in [5, 5.41) is -0.497. The second kappa shape index (κ2) is 7.11. The minimum Gasteiger partial charge on any atom is -0.460 e. The van der Waals surface area contributed by atoms with E-state index in [1.807, 2.05) is 0 Å². The highest BCUT2D eigenvalue weighted by atomic mass is 79.9. The molecule has 0 unspecified atom stereocenters. The quantitative estimate of drug-likeness (QED) is 0.467. The van der Waals surface area contributed by atoms with Crippen molar-refractivity contribution in [2.45, 2.75) is 75.5 Å². The van der Waals surface area contributed by atoms with Gasteiger partial charge in [-0.05, 0) is 76.0 Å². The van der Waals surface area contributed by atoms with E-state index in [0.717, 1.165) is 0 Å². The predicted molar refractivity (Wildman–Crippen MR) is 115 cm³/mol. The number of aromatic nitrogens is 1. The number of carbonyl (C=O) groups is 1. The van der Waals surface area contributed by atoms with Crippen molar-refractivity contribution in [3.8, 4) is 0 Å². The Balaban J connectivity index is 2.18. The molecule has 0 N–H and O–H groups in total. The van der Waals surface area contributed by atoms with E-state index in [-0.39, 0.29) is 12.1 Å². The second-order valence-corrected chi connectivity index (χ2v) is 12.9. The molecule has 9 heteroatoms. The summed E-state index contributed by atoms with van der Waals surface area (Å²) in [6, 6.07) is 2.82. The Morgan fingerprint density at radius 3 is 2.62 bits per heavy atom. The van der Waals surface area contributed by atoms with E-state index in [0.29, 0.717) is 23.3 Å². The Morgan fingerprint density at radius 1 is 1.34 bits per heavy atom. The SMILES string of the molecule is CC(C)(C)OC(=O)CC1=N[C@](C)(c2nc(Br)ccc2F)[C@H]2CCN=[S@@]2(=O)C1(C)C. The van der Waals surface area contributed by atoms with E-state index in [1.54, 1.807) is 41.5 Å². The highest BCUT2D eigenvalue weighted by Crippen LogP contribution is 2.48. The first-order chi connectivity index (χ1) is 13.2. The summed E-state index contributed by atoms with van der Waals surface area (Å²) in [7, 11) is -2.83. The first-order valence-corrected chi connectivity index (χ1v) is 11.9. The van der Waals surface area contributed by atoms with Crippen LogP contribution >= 0.6 is 15.9 Å². The monoisotopic (exact) mass is 487 g/mol. The number of rotatable bonds is 3. The third kappa shape index (κ3) is 3.76. The molecule has 29 heavy (non-hydrogen) atoms. The number of nitrogens with zero attached hydrogens (tertiary/aromatic N) is 3. The lowest BCUT2D eigenvalue weighted by Gasteiger charge is -2.45. The molecule has 1 aromatic rings. The van der Waals surface area contributed by atoms with Crippen LogP contribution in [0.3, 0.4) is 0 Å². The molecule has 0 amide bonds. The normalized spacial score (nSPS) is 30.9. The van der Waals surface area contributed by atoms with Gasteiger partial charge in [-0.1, -0.05) is 0 Å². The zero-order valence-corrected chi connectivity index (χ0v) is 20.0. The third-order valence-electron chi connectivity index (χ3n) is 5.50. The third-order valence-corrected chi connectivity index (χ3v) is 9.68. The fourth-order valence-corrected chi connectivity index (χ4v) is 7.63. The molecule has 0 aromatic carbocycles. The van der Waals surface area contributed by atoms with Gasteiger partial charge in [0.2, 0.25) is 0 Å². The number of carbonyl (C=O) groups excluding carboxylic acids is 1. The second-order valence-electron chi connectivity index (χ2n) is 9.14. The lowest BCUT2D eigenvalue weighted by Crippen LogP contribution is -2.56. The Hall–Kier alpha value is -1.35. The van der Waals surface area contributed by atoms with Crippen molar-refractivity contribution in [3.63, 3.8) is 0 Å². The van der Waals surface area contributed by atoms with Gasteiger partial charge < -0.3 is 4.74 Å². The Kier molecular flexibility index (Phi) is 5.48. The minimum absolute atomic E-state index is 0.110. The van der Waals surface area contributed by atoms with Crippen LogP contribution < -0.4 is 0 Å². The largest absolute Gasteiger partial charge is 0.460 e. The van der Waals surface area contributed by atoms with Crippen LogP contribution in [0.15, 0.2) is 26.1 Å². The topological polar surface area (TPSA) is 81.0 Å². The van der Waals surface area contributed by atoms with Gasteiger partial charge in [0.15, 0.2) is 0 Å². The van der Waals surface area contributed by atoms with Crippen LogP contribution in [0.1, 0.15) is 60.1 Å². The number of pyridine rings is 1. The maximum atomic E-state index is 14.8. The van der Waals surface area contributed by atoms with Gasteiger partial charge in [-0.15, -0.1) is 0 Å². The number of esters is 1. The van der Waals surface area contributed by atoms with Crippen molar-refractivity contribution < 1.29 is 18.1 Å².